The summed E-state index contributed by atoms with van der Waals surface area (Å²) in [4.78, 5) is 9.49. The summed E-state index contributed by atoms with van der Waals surface area (Å²) < 4.78 is 6.84. The van der Waals surface area contributed by atoms with Crippen LogP contribution in [0.2, 0.25) is 0 Å². The number of aliphatic imine (C=N–C) groups is 1. The summed E-state index contributed by atoms with van der Waals surface area (Å²) in [5.41, 5.74) is 2.63. The fourth-order valence-corrected chi connectivity index (χ4v) is 3.27. The van der Waals surface area contributed by atoms with Gasteiger partial charge >= 0.3 is 7.12 Å². The molecule has 3 rings (SSSR count). The Kier molecular flexibility index (Phi) is 5.07. The third-order valence-corrected chi connectivity index (χ3v) is 4.75. The third-order valence-electron chi connectivity index (χ3n) is 3.58. The number of fused-ring (bicyclic) bond motifs is 1. The Hall–Kier alpha value is -2.36. The van der Waals surface area contributed by atoms with E-state index in [1.807, 2.05) is 19.1 Å². The van der Waals surface area contributed by atoms with Crippen molar-refractivity contribution in [3.05, 3.63) is 47.9 Å². The first-order valence-electron chi connectivity index (χ1n) is 7.54. The zero-order valence-electron chi connectivity index (χ0n) is 14.0. The van der Waals surface area contributed by atoms with Crippen LogP contribution in [0, 0.1) is 6.92 Å². The Morgan fingerprint density at radius 2 is 2.08 bits per heavy atom. The van der Waals surface area contributed by atoms with E-state index in [4.69, 9.17) is 4.74 Å². The molecule has 128 valence electrons. The Labute approximate surface area is 149 Å². The molecule has 7 nitrogen and oxygen atoms in total. The summed E-state index contributed by atoms with van der Waals surface area (Å²) in [7, 11) is 1.59. The van der Waals surface area contributed by atoms with Crippen molar-refractivity contribution in [2.24, 2.45) is 4.99 Å². The molecule has 0 atom stereocenters. The molecule has 0 aliphatic carbocycles. The minimum absolute atomic E-state index is 0.350. The Morgan fingerprint density at radius 1 is 1.28 bits per heavy atom. The van der Waals surface area contributed by atoms with Crippen LogP contribution in [0.5, 0.6) is 5.75 Å². The molecule has 0 fully saturated rings. The molecule has 2 aromatic heterocycles. The molecule has 2 heterocycles. The quantitative estimate of drug-likeness (QED) is 0.312. The van der Waals surface area contributed by atoms with Gasteiger partial charge < -0.3 is 14.8 Å². The smallest absolute Gasteiger partial charge is 0.489 e. The largest absolute Gasteiger partial charge is 0.497 e. The number of aromatic nitrogens is 3. The number of thioether (sulfide) groups is 1. The first kappa shape index (κ1) is 17.5. The summed E-state index contributed by atoms with van der Waals surface area (Å²) >= 11 is 1.31. The second-order valence-corrected chi connectivity index (χ2v) is 6.34. The molecule has 0 bridgehead atoms. The molecule has 0 amide bonds. The number of methoxy groups -OCH3 is 1. The van der Waals surface area contributed by atoms with Gasteiger partial charge in [-0.15, -0.1) is 0 Å². The molecular formula is C16H17BN4O3S. The van der Waals surface area contributed by atoms with E-state index in [-0.39, 0.29) is 0 Å². The van der Waals surface area contributed by atoms with E-state index in [2.05, 4.69) is 15.1 Å². The SMILES string of the molecule is CN=C(Sc1ccc(OC)cc1B(O)O)c1cn2nc(C)ccc2n1. The highest BCUT2D eigenvalue weighted by Gasteiger charge is 2.20. The van der Waals surface area contributed by atoms with Crippen LogP contribution in [-0.2, 0) is 0 Å². The van der Waals surface area contributed by atoms with Gasteiger partial charge in [-0.1, -0.05) is 11.8 Å². The van der Waals surface area contributed by atoms with Gasteiger partial charge in [0.25, 0.3) is 0 Å². The second-order valence-electron chi connectivity index (χ2n) is 5.31. The van der Waals surface area contributed by atoms with Crippen LogP contribution >= 0.6 is 11.8 Å². The van der Waals surface area contributed by atoms with E-state index in [9.17, 15) is 10.0 Å². The van der Waals surface area contributed by atoms with Gasteiger partial charge in [0, 0.05) is 11.9 Å². The topological polar surface area (TPSA) is 92.2 Å². The number of hydrogen-bond donors (Lipinski definition) is 2. The molecule has 0 aliphatic rings. The van der Waals surface area contributed by atoms with Crippen molar-refractivity contribution in [2.45, 2.75) is 11.8 Å². The van der Waals surface area contributed by atoms with Crippen molar-refractivity contribution >= 4 is 35.0 Å². The molecule has 3 aromatic rings. The molecule has 0 aliphatic heterocycles. The van der Waals surface area contributed by atoms with Crippen molar-refractivity contribution in [1.29, 1.82) is 0 Å². The van der Waals surface area contributed by atoms with Crippen LogP contribution in [0.25, 0.3) is 5.65 Å². The number of rotatable bonds is 4. The number of hydrogen-bond acceptors (Lipinski definition) is 7. The van der Waals surface area contributed by atoms with Crippen molar-refractivity contribution in [1.82, 2.24) is 14.6 Å². The van der Waals surface area contributed by atoms with Gasteiger partial charge in [0.15, 0.2) is 5.65 Å². The number of benzene rings is 1. The predicted octanol–water partition coefficient (Wildman–Crippen LogP) is 0.895. The highest BCUT2D eigenvalue weighted by molar-refractivity contribution is 8.14. The molecule has 1 aromatic carbocycles. The van der Waals surface area contributed by atoms with E-state index in [1.165, 1.54) is 18.9 Å². The minimum atomic E-state index is -1.61. The van der Waals surface area contributed by atoms with Crippen molar-refractivity contribution in [3.8, 4) is 5.75 Å². The molecule has 0 saturated carbocycles. The second kappa shape index (κ2) is 7.26. The average molecular weight is 356 g/mol. The summed E-state index contributed by atoms with van der Waals surface area (Å²) in [5, 5.41) is 24.3. The lowest BCUT2D eigenvalue weighted by atomic mass is 9.80. The zero-order valence-corrected chi connectivity index (χ0v) is 14.9. The van der Waals surface area contributed by atoms with Crippen LogP contribution in [0.3, 0.4) is 0 Å². The van der Waals surface area contributed by atoms with Gasteiger partial charge in [-0.3, -0.25) is 4.99 Å². The van der Waals surface area contributed by atoms with Crippen LogP contribution < -0.4 is 10.2 Å². The molecule has 0 unspecified atom stereocenters. The van der Waals surface area contributed by atoms with E-state index in [0.717, 1.165) is 11.3 Å². The summed E-state index contributed by atoms with van der Waals surface area (Å²) in [6, 6.07) is 8.90. The van der Waals surface area contributed by atoms with Gasteiger partial charge in [-0.2, -0.15) is 5.10 Å². The van der Waals surface area contributed by atoms with Gasteiger partial charge in [0.05, 0.1) is 19.0 Å². The monoisotopic (exact) mass is 356 g/mol. The lowest BCUT2D eigenvalue weighted by Crippen LogP contribution is -2.31. The van der Waals surface area contributed by atoms with Gasteiger partial charge in [-0.25, -0.2) is 9.50 Å². The van der Waals surface area contributed by atoms with E-state index < -0.39 is 7.12 Å². The van der Waals surface area contributed by atoms with Crippen molar-refractivity contribution in [2.75, 3.05) is 14.2 Å². The lowest BCUT2D eigenvalue weighted by Gasteiger charge is -2.10. The first-order chi connectivity index (χ1) is 12.0. The van der Waals surface area contributed by atoms with Crippen LogP contribution in [0.15, 0.2) is 46.4 Å². The average Bonchev–Trinajstić information content (AvgIpc) is 3.02. The van der Waals surface area contributed by atoms with Crippen LogP contribution in [0.4, 0.5) is 0 Å². The maximum atomic E-state index is 9.64. The molecular weight excluding hydrogens is 339 g/mol. The Balaban J connectivity index is 1.97. The van der Waals surface area contributed by atoms with E-state index in [0.29, 0.717) is 26.8 Å². The van der Waals surface area contributed by atoms with Gasteiger partial charge in [0.1, 0.15) is 16.5 Å². The predicted molar refractivity (Wildman–Crippen MR) is 98.9 cm³/mol. The molecule has 0 saturated heterocycles. The summed E-state index contributed by atoms with van der Waals surface area (Å²) in [5.74, 6) is 0.551. The Morgan fingerprint density at radius 3 is 2.76 bits per heavy atom. The zero-order chi connectivity index (χ0) is 18.0. The number of ether oxygens (including phenoxy) is 1. The summed E-state index contributed by atoms with van der Waals surface area (Å²) in [6.45, 7) is 1.91. The van der Waals surface area contributed by atoms with E-state index in [1.54, 1.807) is 36.0 Å². The normalized spacial score (nSPS) is 11.8. The first-order valence-corrected chi connectivity index (χ1v) is 8.35. The fourth-order valence-electron chi connectivity index (χ4n) is 2.35. The van der Waals surface area contributed by atoms with Gasteiger partial charge in [-0.05, 0) is 42.7 Å². The molecule has 9 heteroatoms. The van der Waals surface area contributed by atoms with Crippen LogP contribution in [0.1, 0.15) is 11.4 Å². The maximum Gasteiger partial charge on any atom is 0.489 e. The van der Waals surface area contributed by atoms with Crippen molar-refractivity contribution in [3.63, 3.8) is 0 Å². The highest BCUT2D eigenvalue weighted by Crippen LogP contribution is 2.24. The number of aryl methyl sites for hydroxylation is 1. The Bertz CT molecular complexity index is 942. The molecule has 2 N–H and O–H groups in total. The van der Waals surface area contributed by atoms with Crippen molar-refractivity contribution < 1.29 is 14.8 Å². The maximum absolute atomic E-state index is 9.64. The fraction of sp³-hybridized carbons (Fsp3) is 0.188. The lowest BCUT2D eigenvalue weighted by molar-refractivity contribution is 0.411. The molecule has 0 spiro atoms. The summed E-state index contributed by atoms with van der Waals surface area (Å²) in [6.07, 6.45) is 1.80. The van der Waals surface area contributed by atoms with Crippen LogP contribution in [-0.4, -0.2) is 51.0 Å². The third kappa shape index (κ3) is 3.68. The van der Waals surface area contributed by atoms with Gasteiger partial charge in [0.2, 0.25) is 0 Å². The standard InChI is InChI=1S/C16H17BN4O3S/c1-10-4-7-15-19-13(9-21(15)20-10)16(18-2)25-14-6-5-11(24-3)8-12(14)17(22)23/h4-9,22-23H,1-3H3. The van der Waals surface area contributed by atoms with E-state index >= 15 is 0 Å². The number of nitrogens with zero attached hydrogens (tertiary/aromatic N) is 4. The minimum Gasteiger partial charge on any atom is -0.497 e. The molecule has 0 radical (unpaired) electrons. The number of imidazole rings is 1. The molecule has 25 heavy (non-hydrogen) atoms. The highest BCUT2D eigenvalue weighted by atomic mass is 32.2.